The summed E-state index contributed by atoms with van der Waals surface area (Å²) in [4.78, 5) is 11.4. The summed E-state index contributed by atoms with van der Waals surface area (Å²) in [5.41, 5.74) is -0.806. The Morgan fingerprint density at radius 2 is 1.96 bits per heavy atom. The van der Waals surface area contributed by atoms with Gasteiger partial charge in [-0.2, -0.15) is 13.2 Å². The molecule has 5 aliphatic rings. The zero-order valence-corrected chi connectivity index (χ0v) is 15.1. The summed E-state index contributed by atoms with van der Waals surface area (Å²) in [5, 5.41) is 0.0860. The molecule has 4 nitrogen and oxygen atoms in total. The van der Waals surface area contributed by atoms with Gasteiger partial charge in [-0.25, -0.2) is 9.78 Å². The van der Waals surface area contributed by atoms with Crippen LogP contribution in [0.3, 0.4) is 0 Å². The molecule has 8 heteroatoms. The summed E-state index contributed by atoms with van der Waals surface area (Å²) in [6.07, 6.45) is -2.85. The minimum atomic E-state index is -4.56. The van der Waals surface area contributed by atoms with E-state index in [0.29, 0.717) is 18.8 Å². The molecule has 3 saturated heterocycles. The van der Waals surface area contributed by atoms with Gasteiger partial charge in [0.2, 0.25) is 17.8 Å². The van der Waals surface area contributed by atoms with Crippen molar-refractivity contribution < 1.29 is 32.4 Å². The van der Waals surface area contributed by atoms with E-state index in [1.165, 1.54) is 0 Å². The Kier molecular flexibility index (Phi) is 3.81. The zero-order valence-electron chi connectivity index (χ0n) is 13.5. The molecular weight excluding hydrogens is 393 g/mol. The summed E-state index contributed by atoms with van der Waals surface area (Å²) in [5.74, 6) is -2.09. The molecule has 4 heterocycles. The summed E-state index contributed by atoms with van der Waals surface area (Å²) >= 11 is 3.22. The lowest BCUT2D eigenvalue weighted by Crippen LogP contribution is -2.67. The van der Waals surface area contributed by atoms with Gasteiger partial charge in [0, 0.05) is 23.6 Å². The van der Waals surface area contributed by atoms with Gasteiger partial charge in [-0.05, 0) is 37.7 Å². The largest absolute Gasteiger partial charge is 0.456 e. The number of halogens is 4. The third kappa shape index (κ3) is 2.22. The quantitative estimate of drug-likeness (QED) is 0.471. The van der Waals surface area contributed by atoms with Crippen LogP contribution in [0.5, 0.6) is 0 Å². The van der Waals surface area contributed by atoms with Gasteiger partial charge in [-0.1, -0.05) is 22.9 Å². The van der Waals surface area contributed by atoms with Crippen molar-refractivity contribution in [2.75, 3.05) is 5.33 Å². The molecule has 1 unspecified atom stereocenters. The van der Waals surface area contributed by atoms with Gasteiger partial charge in [-0.15, -0.1) is 0 Å². The van der Waals surface area contributed by atoms with E-state index in [9.17, 15) is 13.2 Å². The summed E-state index contributed by atoms with van der Waals surface area (Å²) in [6.45, 7) is 3.81. The standard InChI is InChI=1S/C16H20BrF3O4/c1-8-3-4-11-9(7-17)12(16(18,19)20)21-13-15(11)10(8)5-6-14(2,22-13)23-24-15/h8,10-11,13H,3-7H2,1-2H3/t8-,10?,11+,13-,14+,15-/m1/s1. The van der Waals surface area contributed by atoms with Gasteiger partial charge in [0.1, 0.15) is 0 Å². The van der Waals surface area contributed by atoms with E-state index < -0.39 is 35.5 Å². The molecule has 0 aromatic heterocycles. The second kappa shape index (κ2) is 5.34. The van der Waals surface area contributed by atoms with Crippen LogP contribution in [0.2, 0.25) is 0 Å². The molecule has 24 heavy (non-hydrogen) atoms. The van der Waals surface area contributed by atoms with E-state index in [4.69, 9.17) is 19.2 Å². The molecular formula is C16H20BrF3O4. The number of fused-ring (bicyclic) bond motifs is 2. The molecule has 0 amide bonds. The zero-order chi connectivity index (χ0) is 17.3. The number of ether oxygens (including phenoxy) is 2. The molecule has 0 N–H and O–H groups in total. The number of rotatable bonds is 1. The van der Waals surface area contributed by atoms with Crippen molar-refractivity contribution in [3.05, 3.63) is 11.3 Å². The summed E-state index contributed by atoms with van der Waals surface area (Å²) in [7, 11) is 0. The molecule has 1 saturated carbocycles. The topological polar surface area (TPSA) is 36.9 Å². The molecule has 5 rings (SSSR count). The fraction of sp³-hybridized carbons (Fsp3) is 0.875. The maximum atomic E-state index is 13.5. The lowest BCUT2D eigenvalue weighted by Gasteiger charge is -2.57. The molecule has 6 atom stereocenters. The highest BCUT2D eigenvalue weighted by molar-refractivity contribution is 9.09. The fourth-order valence-corrected chi connectivity index (χ4v) is 5.54. The highest BCUT2D eigenvalue weighted by Crippen LogP contribution is 2.61. The van der Waals surface area contributed by atoms with Crippen molar-refractivity contribution in [1.82, 2.24) is 0 Å². The Hall–Kier alpha value is -0.310. The highest BCUT2D eigenvalue weighted by atomic mass is 79.9. The van der Waals surface area contributed by atoms with Gasteiger partial charge < -0.3 is 9.47 Å². The van der Waals surface area contributed by atoms with Crippen LogP contribution in [0.1, 0.15) is 39.5 Å². The summed E-state index contributed by atoms with van der Waals surface area (Å²) in [6, 6.07) is 0. The number of hydrogen-bond acceptors (Lipinski definition) is 4. The van der Waals surface area contributed by atoms with Crippen LogP contribution in [-0.4, -0.2) is 29.2 Å². The first-order chi connectivity index (χ1) is 11.2. The average Bonchev–Trinajstić information content (AvgIpc) is 2.74. The first kappa shape index (κ1) is 17.1. The minimum absolute atomic E-state index is 0.0365. The Labute approximate surface area is 146 Å². The lowest BCUT2D eigenvalue weighted by atomic mass is 9.59. The van der Waals surface area contributed by atoms with Crippen molar-refractivity contribution in [2.24, 2.45) is 17.8 Å². The normalized spacial score (nSPS) is 47.9. The fourth-order valence-electron chi connectivity index (χ4n) is 4.89. The molecule has 0 aromatic carbocycles. The molecule has 1 spiro atoms. The summed E-state index contributed by atoms with van der Waals surface area (Å²) < 4.78 is 51.9. The molecule has 4 fully saturated rings. The monoisotopic (exact) mass is 412 g/mol. The van der Waals surface area contributed by atoms with E-state index in [1.807, 2.05) is 0 Å². The van der Waals surface area contributed by atoms with Crippen LogP contribution < -0.4 is 0 Å². The van der Waals surface area contributed by atoms with Crippen molar-refractivity contribution in [1.29, 1.82) is 0 Å². The van der Waals surface area contributed by atoms with Gasteiger partial charge in [0.25, 0.3) is 0 Å². The number of allylic oxidation sites excluding steroid dienone is 1. The van der Waals surface area contributed by atoms with Gasteiger partial charge >= 0.3 is 6.18 Å². The minimum Gasteiger partial charge on any atom is -0.456 e. The second-order valence-electron chi connectivity index (χ2n) is 7.46. The Morgan fingerprint density at radius 3 is 2.62 bits per heavy atom. The van der Waals surface area contributed by atoms with Crippen LogP contribution in [0.4, 0.5) is 13.2 Å². The Bertz CT molecular complexity index is 580. The maximum Gasteiger partial charge on any atom is 0.449 e. The highest BCUT2D eigenvalue weighted by Gasteiger charge is 2.69. The molecule has 0 radical (unpaired) electrons. The van der Waals surface area contributed by atoms with Gasteiger partial charge in [-0.3, -0.25) is 0 Å². The maximum absolute atomic E-state index is 13.5. The van der Waals surface area contributed by atoms with E-state index in [2.05, 4.69) is 22.9 Å². The number of hydrogen-bond donors (Lipinski definition) is 0. The van der Waals surface area contributed by atoms with Crippen LogP contribution in [0.25, 0.3) is 0 Å². The van der Waals surface area contributed by atoms with Crippen molar-refractivity contribution in [2.45, 2.75) is 63.4 Å². The van der Waals surface area contributed by atoms with E-state index in [-0.39, 0.29) is 16.8 Å². The Balaban J connectivity index is 1.88. The van der Waals surface area contributed by atoms with Gasteiger partial charge in [0.05, 0.1) is 0 Å². The molecule has 0 aromatic rings. The van der Waals surface area contributed by atoms with Crippen LogP contribution >= 0.6 is 15.9 Å². The first-order valence-corrected chi connectivity index (χ1v) is 9.41. The first-order valence-electron chi connectivity index (χ1n) is 8.29. The van der Waals surface area contributed by atoms with E-state index >= 15 is 0 Å². The third-order valence-electron chi connectivity index (χ3n) is 6.06. The van der Waals surface area contributed by atoms with Crippen molar-refractivity contribution >= 4 is 15.9 Å². The predicted molar refractivity (Wildman–Crippen MR) is 80.8 cm³/mol. The Morgan fingerprint density at radius 1 is 1.21 bits per heavy atom. The lowest BCUT2D eigenvalue weighted by molar-refractivity contribution is -0.557. The smallest absolute Gasteiger partial charge is 0.449 e. The molecule has 136 valence electrons. The van der Waals surface area contributed by atoms with Crippen LogP contribution in [-0.2, 0) is 19.2 Å². The molecule has 1 aliphatic carbocycles. The van der Waals surface area contributed by atoms with E-state index in [1.54, 1.807) is 6.92 Å². The predicted octanol–water partition coefficient (Wildman–Crippen LogP) is 4.44. The molecule has 2 bridgehead atoms. The van der Waals surface area contributed by atoms with Crippen molar-refractivity contribution in [3.8, 4) is 0 Å². The van der Waals surface area contributed by atoms with Crippen LogP contribution in [0, 0.1) is 17.8 Å². The van der Waals surface area contributed by atoms with Crippen LogP contribution in [0.15, 0.2) is 11.3 Å². The van der Waals surface area contributed by atoms with Gasteiger partial charge in [0.15, 0.2) is 5.60 Å². The number of alkyl halides is 4. The second-order valence-corrected chi connectivity index (χ2v) is 8.02. The average molecular weight is 413 g/mol. The van der Waals surface area contributed by atoms with Crippen molar-refractivity contribution in [3.63, 3.8) is 0 Å². The SMILES string of the molecule is C[C@@H]1CC[C@H]2C(CBr)=C(C(F)(F)F)O[C@@H]3O[C@]4(C)CCC1[C@]32OO4. The van der Waals surface area contributed by atoms with E-state index in [0.717, 1.165) is 12.8 Å². The third-order valence-corrected chi connectivity index (χ3v) is 6.66. The molecule has 4 aliphatic heterocycles.